The molecule has 1 rings (SSSR count). The molecule has 0 radical (unpaired) electrons. The highest BCUT2D eigenvalue weighted by atomic mass is 79.9. The van der Waals surface area contributed by atoms with Gasteiger partial charge in [0.25, 0.3) is 0 Å². The van der Waals surface area contributed by atoms with Crippen molar-refractivity contribution in [1.29, 1.82) is 0 Å². The zero-order valence-electron chi connectivity index (χ0n) is 9.05. The Morgan fingerprint density at radius 3 is 2.56 bits per heavy atom. The molecule has 0 amide bonds. The van der Waals surface area contributed by atoms with Crippen LogP contribution in [0.15, 0.2) is 34.2 Å². The van der Waals surface area contributed by atoms with Crippen LogP contribution in [0.3, 0.4) is 0 Å². The van der Waals surface area contributed by atoms with Gasteiger partial charge in [0.15, 0.2) is 0 Å². The van der Waals surface area contributed by atoms with E-state index in [1.165, 1.54) is 0 Å². The van der Waals surface area contributed by atoms with Gasteiger partial charge >= 0.3 is 5.97 Å². The van der Waals surface area contributed by atoms with Crippen LogP contribution in [-0.2, 0) is 10.0 Å². The molecule has 1 aromatic rings. The third kappa shape index (κ3) is 3.56. The minimum absolute atomic E-state index is 0.0222. The summed E-state index contributed by atoms with van der Waals surface area (Å²) in [6.45, 7) is 3.45. The Hall–Kier alpha value is -1.38. The van der Waals surface area contributed by atoms with Crippen LogP contribution in [-0.4, -0.2) is 31.1 Å². The number of rotatable bonds is 5. The molecule has 0 atom stereocenters. The highest BCUT2D eigenvalue weighted by molar-refractivity contribution is 9.11. The smallest absolute Gasteiger partial charge is 0.339 e. The van der Waals surface area contributed by atoms with E-state index >= 15 is 0 Å². The van der Waals surface area contributed by atoms with Crippen molar-refractivity contribution in [3.05, 3.63) is 34.8 Å². The zero-order valence-corrected chi connectivity index (χ0v) is 11.5. The Labute approximate surface area is 112 Å². The van der Waals surface area contributed by atoms with E-state index in [4.69, 9.17) is 5.11 Å². The van der Waals surface area contributed by atoms with Gasteiger partial charge in [0.1, 0.15) is 11.3 Å². The first-order chi connectivity index (χ1) is 8.24. The van der Waals surface area contributed by atoms with E-state index in [1.807, 2.05) is 0 Å². The number of benzene rings is 1. The molecule has 0 aliphatic rings. The predicted octanol–water partition coefficient (Wildman–Crippen LogP) is 1.28. The molecule has 18 heavy (non-hydrogen) atoms. The van der Waals surface area contributed by atoms with Crippen LogP contribution in [0.2, 0.25) is 0 Å². The average Bonchev–Trinajstić information content (AvgIpc) is 2.26. The average molecular weight is 336 g/mol. The van der Waals surface area contributed by atoms with Crippen LogP contribution >= 0.6 is 15.9 Å². The molecule has 1 aromatic carbocycles. The van der Waals surface area contributed by atoms with Crippen LogP contribution < -0.4 is 4.72 Å². The molecule has 0 aliphatic carbocycles. The fraction of sp³-hybridized carbons (Fsp3) is 0.100. The molecule has 98 valence electrons. The first kappa shape index (κ1) is 14.7. The van der Waals surface area contributed by atoms with E-state index in [0.29, 0.717) is 4.48 Å². The number of carboxylic acid groups (broad SMARTS) is 1. The van der Waals surface area contributed by atoms with Gasteiger partial charge < -0.3 is 10.2 Å². The second kappa shape index (κ2) is 5.51. The summed E-state index contributed by atoms with van der Waals surface area (Å²) in [5, 5.41) is 18.0. The molecule has 8 heteroatoms. The summed E-state index contributed by atoms with van der Waals surface area (Å²) in [4.78, 5) is 10.5. The summed E-state index contributed by atoms with van der Waals surface area (Å²) in [6.07, 6.45) is 0. The predicted molar refractivity (Wildman–Crippen MR) is 68.3 cm³/mol. The van der Waals surface area contributed by atoms with Crippen molar-refractivity contribution >= 4 is 31.9 Å². The van der Waals surface area contributed by atoms with Gasteiger partial charge in [0, 0.05) is 11.0 Å². The van der Waals surface area contributed by atoms with Gasteiger partial charge in [-0.2, -0.15) is 0 Å². The monoisotopic (exact) mass is 335 g/mol. The minimum atomic E-state index is -3.84. The van der Waals surface area contributed by atoms with Gasteiger partial charge in [-0.05, 0) is 18.2 Å². The molecule has 0 unspecified atom stereocenters. The molecule has 0 fully saturated rings. The van der Waals surface area contributed by atoms with Crippen LogP contribution in [0.5, 0.6) is 5.75 Å². The third-order valence-electron chi connectivity index (χ3n) is 1.96. The Morgan fingerprint density at radius 1 is 1.44 bits per heavy atom. The highest BCUT2D eigenvalue weighted by Crippen LogP contribution is 2.21. The highest BCUT2D eigenvalue weighted by Gasteiger charge is 2.18. The van der Waals surface area contributed by atoms with Crippen LogP contribution in [0.25, 0.3) is 0 Å². The van der Waals surface area contributed by atoms with E-state index in [2.05, 4.69) is 27.2 Å². The molecular formula is C10H10BrNO5S. The van der Waals surface area contributed by atoms with Crippen molar-refractivity contribution < 1.29 is 23.4 Å². The van der Waals surface area contributed by atoms with Crippen LogP contribution in [0.1, 0.15) is 10.4 Å². The number of carbonyl (C=O) groups is 1. The van der Waals surface area contributed by atoms with Crippen molar-refractivity contribution in [2.24, 2.45) is 0 Å². The second-order valence-corrected chi connectivity index (χ2v) is 6.21. The van der Waals surface area contributed by atoms with Gasteiger partial charge in [-0.3, -0.25) is 0 Å². The number of nitrogens with one attached hydrogen (secondary N) is 1. The summed E-state index contributed by atoms with van der Waals surface area (Å²) in [6, 6.07) is 3.01. The summed E-state index contributed by atoms with van der Waals surface area (Å²) < 4.78 is 26.2. The first-order valence-electron chi connectivity index (χ1n) is 4.63. The quantitative estimate of drug-likeness (QED) is 0.751. The lowest BCUT2D eigenvalue weighted by Gasteiger charge is -2.07. The molecule has 0 spiro atoms. The number of aromatic carboxylic acids is 1. The Bertz CT molecular complexity index is 596. The second-order valence-electron chi connectivity index (χ2n) is 3.33. The first-order valence-corrected chi connectivity index (χ1v) is 6.91. The summed E-state index contributed by atoms with van der Waals surface area (Å²) in [5.41, 5.74) is -0.476. The number of phenols is 1. The third-order valence-corrected chi connectivity index (χ3v) is 3.64. The van der Waals surface area contributed by atoms with E-state index in [0.717, 1.165) is 18.2 Å². The maximum atomic E-state index is 11.8. The lowest BCUT2D eigenvalue weighted by atomic mass is 10.2. The number of hydrogen-bond donors (Lipinski definition) is 3. The van der Waals surface area contributed by atoms with Crippen LogP contribution in [0, 0.1) is 0 Å². The number of aromatic hydroxyl groups is 1. The van der Waals surface area contributed by atoms with E-state index in [1.54, 1.807) is 0 Å². The Kier molecular flexibility index (Phi) is 4.49. The fourth-order valence-corrected chi connectivity index (χ4v) is 2.49. The van der Waals surface area contributed by atoms with Crippen LogP contribution in [0.4, 0.5) is 0 Å². The molecule has 0 aliphatic heterocycles. The Balaban J connectivity index is 3.14. The fourth-order valence-electron chi connectivity index (χ4n) is 1.11. The van der Waals surface area contributed by atoms with Gasteiger partial charge in [-0.1, -0.05) is 22.5 Å². The molecule has 0 saturated heterocycles. The van der Waals surface area contributed by atoms with Crippen molar-refractivity contribution in [2.75, 3.05) is 6.54 Å². The summed E-state index contributed by atoms with van der Waals surface area (Å²) in [7, 11) is -3.84. The van der Waals surface area contributed by atoms with Crippen molar-refractivity contribution in [3.8, 4) is 5.75 Å². The number of hydrogen-bond acceptors (Lipinski definition) is 4. The lowest BCUT2D eigenvalue weighted by Crippen LogP contribution is -2.25. The van der Waals surface area contributed by atoms with Crippen molar-refractivity contribution in [1.82, 2.24) is 4.72 Å². The van der Waals surface area contributed by atoms with Gasteiger partial charge in [-0.25, -0.2) is 17.9 Å². The minimum Gasteiger partial charge on any atom is -0.507 e. The SMILES string of the molecule is C=C(Br)CNS(=O)(=O)c1ccc(O)c(C(=O)O)c1. The van der Waals surface area contributed by atoms with Gasteiger partial charge in [0.05, 0.1) is 4.90 Å². The number of carboxylic acids is 1. The van der Waals surface area contributed by atoms with E-state index in [-0.39, 0.29) is 11.4 Å². The van der Waals surface area contributed by atoms with Gasteiger partial charge in [0.2, 0.25) is 10.0 Å². The lowest BCUT2D eigenvalue weighted by molar-refractivity contribution is 0.0693. The van der Waals surface area contributed by atoms with Gasteiger partial charge in [-0.15, -0.1) is 0 Å². The summed E-state index contributed by atoms with van der Waals surface area (Å²) in [5.74, 6) is -1.90. The molecule has 0 bridgehead atoms. The largest absolute Gasteiger partial charge is 0.507 e. The van der Waals surface area contributed by atoms with E-state index < -0.39 is 27.3 Å². The standard InChI is InChI=1S/C10H10BrNO5S/c1-6(11)5-12-18(16,17)7-2-3-9(13)8(4-7)10(14)15/h2-4,12-13H,1,5H2,(H,14,15). The zero-order chi connectivity index (χ0) is 13.9. The topological polar surface area (TPSA) is 104 Å². The molecular weight excluding hydrogens is 326 g/mol. The van der Waals surface area contributed by atoms with E-state index in [9.17, 15) is 18.3 Å². The molecule has 0 saturated carbocycles. The molecule has 0 heterocycles. The maximum absolute atomic E-state index is 11.8. The Morgan fingerprint density at radius 2 is 2.06 bits per heavy atom. The number of halogens is 1. The maximum Gasteiger partial charge on any atom is 0.339 e. The molecule has 3 N–H and O–H groups in total. The van der Waals surface area contributed by atoms with Crippen molar-refractivity contribution in [2.45, 2.75) is 4.90 Å². The van der Waals surface area contributed by atoms with Crippen molar-refractivity contribution in [3.63, 3.8) is 0 Å². The normalized spacial score (nSPS) is 11.2. The summed E-state index contributed by atoms with van der Waals surface area (Å²) >= 11 is 2.99. The number of sulfonamides is 1. The molecule has 0 aromatic heterocycles. The molecule has 6 nitrogen and oxygen atoms in total.